The maximum Gasteiger partial charge on any atom is 0.349 e. The van der Waals surface area contributed by atoms with Gasteiger partial charge in [0.15, 0.2) is 0 Å². The highest BCUT2D eigenvalue weighted by molar-refractivity contribution is 7.15. The standard InChI is InChI=1S/C21H16N2O3S/c1-13-18(27-20(23-13)14-7-3-2-4-8-14)12-22-19(24)16-11-15-9-5-6-10-17(15)26-21(16)25/h2-11H,12H2,1H3,(H,22,24). The third-order valence-electron chi connectivity index (χ3n) is 4.21. The quantitative estimate of drug-likeness (QED) is 0.543. The van der Waals surface area contributed by atoms with Crippen LogP contribution in [0.3, 0.4) is 0 Å². The van der Waals surface area contributed by atoms with E-state index in [0.717, 1.165) is 21.1 Å². The van der Waals surface area contributed by atoms with E-state index in [4.69, 9.17) is 4.42 Å². The van der Waals surface area contributed by atoms with E-state index < -0.39 is 11.5 Å². The number of thiazole rings is 1. The third-order valence-corrected chi connectivity index (χ3v) is 5.42. The van der Waals surface area contributed by atoms with Gasteiger partial charge in [0.05, 0.1) is 12.2 Å². The molecule has 27 heavy (non-hydrogen) atoms. The molecule has 0 spiro atoms. The second-order valence-corrected chi connectivity index (χ2v) is 7.15. The van der Waals surface area contributed by atoms with Crippen molar-refractivity contribution >= 4 is 28.2 Å². The van der Waals surface area contributed by atoms with Crippen molar-refractivity contribution in [2.24, 2.45) is 0 Å². The second kappa shape index (κ2) is 7.17. The van der Waals surface area contributed by atoms with E-state index in [1.54, 1.807) is 24.3 Å². The number of carbonyl (C=O) groups is 1. The Balaban J connectivity index is 1.54. The molecule has 0 saturated heterocycles. The number of nitrogens with zero attached hydrogens (tertiary/aromatic N) is 1. The molecule has 4 aromatic rings. The second-order valence-electron chi connectivity index (χ2n) is 6.06. The number of nitrogens with one attached hydrogen (secondary N) is 1. The minimum absolute atomic E-state index is 0.000786. The highest BCUT2D eigenvalue weighted by Gasteiger charge is 2.15. The number of aryl methyl sites for hydroxylation is 1. The molecule has 1 N–H and O–H groups in total. The molecule has 0 atom stereocenters. The average molecular weight is 376 g/mol. The van der Waals surface area contributed by atoms with Crippen LogP contribution in [0.1, 0.15) is 20.9 Å². The van der Waals surface area contributed by atoms with Crippen molar-refractivity contribution in [3.05, 3.63) is 87.2 Å². The number of hydrogen-bond acceptors (Lipinski definition) is 5. The molecule has 6 heteroatoms. The number of carbonyl (C=O) groups excluding carboxylic acids is 1. The van der Waals surface area contributed by atoms with Gasteiger partial charge >= 0.3 is 5.63 Å². The topological polar surface area (TPSA) is 72.2 Å². The van der Waals surface area contributed by atoms with E-state index in [1.165, 1.54) is 11.3 Å². The lowest BCUT2D eigenvalue weighted by atomic mass is 10.2. The zero-order chi connectivity index (χ0) is 18.8. The van der Waals surface area contributed by atoms with E-state index in [1.807, 2.05) is 43.3 Å². The number of hydrogen-bond donors (Lipinski definition) is 1. The van der Waals surface area contributed by atoms with Crippen LogP contribution in [-0.2, 0) is 6.54 Å². The van der Waals surface area contributed by atoms with Gasteiger partial charge in [-0.3, -0.25) is 4.79 Å². The molecule has 4 rings (SSSR count). The van der Waals surface area contributed by atoms with Crippen LogP contribution in [0.5, 0.6) is 0 Å². The molecule has 5 nitrogen and oxygen atoms in total. The minimum atomic E-state index is -0.641. The minimum Gasteiger partial charge on any atom is -0.422 e. The summed E-state index contributed by atoms with van der Waals surface area (Å²) in [7, 11) is 0. The molecule has 0 fully saturated rings. The van der Waals surface area contributed by atoms with Crippen molar-refractivity contribution in [1.82, 2.24) is 10.3 Å². The first-order valence-corrected chi connectivity index (χ1v) is 9.26. The Labute approximate surface area is 159 Å². The van der Waals surface area contributed by atoms with Crippen LogP contribution in [-0.4, -0.2) is 10.9 Å². The lowest BCUT2D eigenvalue weighted by Crippen LogP contribution is -2.27. The Morgan fingerprint density at radius 2 is 1.85 bits per heavy atom. The molecule has 0 unspecified atom stereocenters. The van der Waals surface area contributed by atoms with E-state index in [2.05, 4.69) is 10.3 Å². The van der Waals surface area contributed by atoms with Gasteiger partial charge in [-0.15, -0.1) is 11.3 Å². The van der Waals surface area contributed by atoms with E-state index in [0.29, 0.717) is 17.5 Å². The molecule has 1 amide bonds. The molecular weight excluding hydrogens is 360 g/mol. The normalized spacial score (nSPS) is 10.9. The SMILES string of the molecule is Cc1nc(-c2ccccc2)sc1CNC(=O)c1cc2ccccc2oc1=O. The summed E-state index contributed by atoms with van der Waals surface area (Å²) in [6, 6.07) is 18.6. The van der Waals surface area contributed by atoms with Crippen molar-refractivity contribution in [2.75, 3.05) is 0 Å². The summed E-state index contributed by atoms with van der Waals surface area (Å²) in [5, 5.41) is 4.41. The van der Waals surface area contributed by atoms with E-state index in [-0.39, 0.29) is 5.56 Å². The Kier molecular flexibility index (Phi) is 4.56. The van der Waals surface area contributed by atoms with Gasteiger partial charge in [-0.1, -0.05) is 48.5 Å². The van der Waals surface area contributed by atoms with Gasteiger partial charge in [-0.05, 0) is 19.1 Å². The predicted octanol–water partition coefficient (Wildman–Crippen LogP) is 4.15. The molecule has 2 aromatic carbocycles. The zero-order valence-electron chi connectivity index (χ0n) is 14.6. The van der Waals surface area contributed by atoms with Crippen LogP contribution in [0.2, 0.25) is 0 Å². The molecule has 0 radical (unpaired) electrons. The number of para-hydroxylation sites is 1. The smallest absolute Gasteiger partial charge is 0.349 e. The Hall–Kier alpha value is -3.25. The fraction of sp³-hybridized carbons (Fsp3) is 0.0952. The molecule has 2 aromatic heterocycles. The highest BCUT2D eigenvalue weighted by Crippen LogP contribution is 2.27. The summed E-state index contributed by atoms with van der Waals surface area (Å²) in [6.45, 7) is 2.22. The lowest BCUT2D eigenvalue weighted by Gasteiger charge is -2.04. The summed E-state index contributed by atoms with van der Waals surface area (Å²) in [4.78, 5) is 30.1. The van der Waals surface area contributed by atoms with Crippen LogP contribution >= 0.6 is 11.3 Å². The monoisotopic (exact) mass is 376 g/mol. The first-order chi connectivity index (χ1) is 13.1. The summed E-state index contributed by atoms with van der Waals surface area (Å²) in [5.41, 5.74) is 1.73. The van der Waals surface area contributed by atoms with Crippen LogP contribution < -0.4 is 10.9 Å². The maximum absolute atomic E-state index is 12.5. The van der Waals surface area contributed by atoms with Crippen LogP contribution in [0.25, 0.3) is 21.5 Å². The van der Waals surface area contributed by atoms with Crippen molar-refractivity contribution in [3.63, 3.8) is 0 Å². The van der Waals surface area contributed by atoms with E-state index in [9.17, 15) is 9.59 Å². The molecule has 134 valence electrons. The van der Waals surface area contributed by atoms with Crippen LogP contribution in [0, 0.1) is 6.92 Å². The van der Waals surface area contributed by atoms with Crippen molar-refractivity contribution < 1.29 is 9.21 Å². The third kappa shape index (κ3) is 3.52. The molecular formula is C21H16N2O3S. The average Bonchev–Trinajstić information content (AvgIpc) is 3.07. The van der Waals surface area contributed by atoms with Gasteiger partial charge in [0.1, 0.15) is 16.2 Å². The summed E-state index contributed by atoms with van der Waals surface area (Å²) < 4.78 is 5.23. The van der Waals surface area contributed by atoms with Gasteiger partial charge in [-0.2, -0.15) is 0 Å². The number of amides is 1. The van der Waals surface area contributed by atoms with Gasteiger partial charge < -0.3 is 9.73 Å². The van der Waals surface area contributed by atoms with Crippen molar-refractivity contribution in [3.8, 4) is 10.6 Å². The number of aromatic nitrogens is 1. The Bertz CT molecular complexity index is 1180. The van der Waals surface area contributed by atoms with Crippen molar-refractivity contribution in [2.45, 2.75) is 13.5 Å². The molecule has 0 bridgehead atoms. The summed E-state index contributed by atoms with van der Waals surface area (Å²) in [5.74, 6) is -0.455. The van der Waals surface area contributed by atoms with Gasteiger partial charge in [0, 0.05) is 15.8 Å². The largest absolute Gasteiger partial charge is 0.422 e. The predicted molar refractivity (Wildman–Crippen MR) is 106 cm³/mol. The Morgan fingerprint density at radius 1 is 1.11 bits per heavy atom. The molecule has 0 aliphatic rings. The maximum atomic E-state index is 12.5. The lowest BCUT2D eigenvalue weighted by molar-refractivity contribution is 0.0947. The number of rotatable bonds is 4. The van der Waals surface area contributed by atoms with E-state index >= 15 is 0 Å². The van der Waals surface area contributed by atoms with Gasteiger partial charge in [0.25, 0.3) is 5.91 Å². The van der Waals surface area contributed by atoms with Crippen LogP contribution in [0.4, 0.5) is 0 Å². The highest BCUT2D eigenvalue weighted by atomic mass is 32.1. The van der Waals surface area contributed by atoms with Gasteiger partial charge in [-0.25, -0.2) is 9.78 Å². The van der Waals surface area contributed by atoms with Crippen LogP contribution in [0.15, 0.2) is 69.9 Å². The first-order valence-electron chi connectivity index (χ1n) is 8.44. The molecule has 0 aliphatic carbocycles. The molecule has 0 aliphatic heterocycles. The molecule has 0 saturated carbocycles. The van der Waals surface area contributed by atoms with Gasteiger partial charge in [0.2, 0.25) is 0 Å². The number of fused-ring (bicyclic) bond motifs is 1. The Morgan fingerprint density at radius 3 is 2.67 bits per heavy atom. The van der Waals surface area contributed by atoms with Crippen molar-refractivity contribution in [1.29, 1.82) is 0 Å². The fourth-order valence-corrected chi connectivity index (χ4v) is 3.78. The number of benzene rings is 2. The summed E-state index contributed by atoms with van der Waals surface area (Å²) in [6.07, 6.45) is 0. The first kappa shape index (κ1) is 17.2. The molecule has 2 heterocycles. The zero-order valence-corrected chi connectivity index (χ0v) is 15.4. The fourth-order valence-electron chi connectivity index (χ4n) is 2.77. The summed E-state index contributed by atoms with van der Waals surface area (Å²) >= 11 is 1.53.